The third-order valence-corrected chi connectivity index (χ3v) is 6.08. The number of anilines is 2. The normalized spacial score (nSPS) is 18.7. The molecule has 0 bridgehead atoms. The molecule has 25 heavy (non-hydrogen) atoms. The number of carbonyl (C=O) groups excluding carboxylic acids is 1. The number of hydrogen-bond acceptors (Lipinski definition) is 6. The molecule has 1 saturated heterocycles. The SMILES string of the molecule is CN(C(=O)c1cnc(Nc2ccc(Cl)cc2)nc1)C1CCS(=O)(=O)C1. The molecule has 0 aliphatic carbocycles. The number of benzene rings is 1. The fourth-order valence-corrected chi connectivity index (χ4v) is 4.52. The smallest absolute Gasteiger partial charge is 0.257 e. The molecule has 1 N–H and O–H groups in total. The molecule has 1 aliphatic rings. The van der Waals surface area contributed by atoms with E-state index >= 15 is 0 Å². The summed E-state index contributed by atoms with van der Waals surface area (Å²) < 4.78 is 23.1. The number of amides is 1. The average molecular weight is 381 g/mol. The van der Waals surface area contributed by atoms with Crippen molar-refractivity contribution in [3.05, 3.63) is 47.2 Å². The summed E-state index contributed by atoms with van der Waals surface area (Å²) >= 11 is 5.83. The van der Waals surface area contributed by atoms with E-state index in [-0.39, 0.29) is 23.5 Å². The molecule has 2 aromatic rings. The number of halogens is 1. The first-order valence-corrected chi connectivity index (χ1v) is 9.86. The molecular formula is C16H17ClN4O3S. The quantitative estimate of drug-likeness (QED) is 0.873. The van der Waals surface area contributed by atoms with Crippen molar-refractivity contribution in [3.8, 4) is 0 Å². The van der Waals surface area contributed by atoms with Crippen molar-refractivity contribution in [2.45, 2.75) is 12.5 Å². The van der Waals surface area contributed by atoms with Gasteiger partial charge in [0, 0.05) is 36.2 Å². The van der Waals surface area contributed by atoms with Crippen molar-refractivity contribution < 1.29 is 13.2 Å². The Labute approximate surface area is 151 Å². The molecule has 0 spiro atoms. The summed E-state index contributed by atoms with van der Waals surface area (Å²) in [6.07, 6.45) is 3.31. The molecule has 1 atom stereocenters. The molecule has 1 fully saturated rings. The van der Waals surface area contributed by atoms with Gasteiger partial charge in [0.2, 0.25) is 5.95 Å². The number of rotatable bonds is 4. The van der Waals surface area contributed by atoms with Crippen LogP contribution in [0.5, 0.6) is 0 Å². The number of carbonyl (C=O) groups is 1. The predicted molar refractivity (Wildman–Crippen MR) is 95.9 cm³/mol. The van der Waals surface area contributed by atoms with Gasteiger partial charge in [0.05, 0.1) is 17.1 Å². The molecule has 132 valence electrons. The lowest BCUT2D eigenvalue weighted by Crippen LogP contribution is -2.37. The summed E-state index contributed by atoms with van der Waals surface area (Å²) in [5, 5.41) is 3.64. The molecule has 1 unspecified atom stereocenters. The third-order valence-electron chi connectivity index (χ3n) is 4.08. The summed E-state index contributed by atoms with van der Waals surface area (Å²) in [4.78, 5) is 22.2. The molecule has 1 amide bonds. The summed E-state index contributed by atoms with van der Waals surface area (Å²) in [5.74, 6) is 0.187. The van der Waals surface area contributed by atoms with E-state index in [9.17, 15) is 13.2 Å². The highest BCUT2D eigenvalue weighted by atomic mass is 35.5. The van der Waals surface area contributed by atoms with E-state index in [1.54, 1.807) is 31.3 Å². The van der Waals surface area contributed by atoms with Crippen molar-refractivity contribution in [1.82, 2.24) is 14.9 Å². The Hall–Kier alpha value is -2.19. The maximum atomic E-state index is 12.5. The van der Waals surface area contributed by atoms with Crippen molar-refractivity contribution >= 4 is 39.0 Å². The van der Waals surface area contributed by atoms with Gasteiger partial charge in [0.15, 0.2) is 9.84 Å². The fourth-order valence-electron chi connectivity index (χ4n) is 2.62. The maximum absolute atomic E-state index is 12.5. The molecule has 1 aromatic heterocycles. The zero-order valence-electron chi connectivity index (χ0n) is 13.5. The standard InChI is InChI=1S/C16H17ClN4O3S/c1-21(14-6-7-25(23,24)10-14)15(22)11-8-18-16(19-9-11)20-13-4-2-12(17)3-5-13/h2-5,8-9,14H,6-7,10H2,1H3,(H,18,19,20). The van der Waals surface area contributed by atoms with Crippen LogP contribution in [0.15, 0.2) is 36.7 Å². The highest BCUT2D eigenvalue weighted by Gasteiger charge is 2.33. The van der Waals surface area contributed by atoms with Crippen LogP contribution in [0.2, 0.25) is 5.02 Å². The first-order chi connectivity index (χ1) is 11.8. The topological polar surface area (TPSA) is 92.3 Å². The Morgan fingerprint density at radius 3 is 2.44 bits per heavy atom. The lowest BCUT2D eigenvalue weighted by Gasteiger charge is -2.23. The Morgan fingerprint density at radius 1 is 1.24 bits per heavy atom. The largest absolute Gasteiger partial charge is 0.338 e. The molecule has 3 rings (SSSR count). The van der Waals surface area contributed by atoms with E-state index in [1.807, 2.05) is 0 Å². The van der Waals surface area contributed by atoms with Crippen LogP contribution < -0.4 is 5.32 Å². The molecule has 1 aromatic carbocycles. The van der Waals surface area contributed by atoms with Crippen LogP contribution >= 0.6 is 11.6 Å². The van der Waals surface area contributed by atoms with Crippen LogP contribution in [0, 0.1) is 0 Å². The molecular weight excluding hydrogens is 364 g/mol. The number of hydrogen-bond donors (Lipinski definition) is 1. The van der Waals surface area contributed by atoms with Gasteiger partial charge in [-0.25, -0.2) is 18.4 Å². The highest BCUT2D eigenvalue weighted by Crippen LogP contribution is 2.19. The van der Waals surface area contributed by atoms with E-state index in [0.717, 1.165) is 5.69 Å². The van der Waals surface area contributed by atoms with Crippen LogP contribution in [0.25, 0.3) is 0 Å². The lowest BCUT2D eigenvalue weighted by atomic mass is 10.2. The van der Waals surface area contributed by atoms with Crippen molar-refractivity contribution in [1.29, 1.82) is 0 Å². The lowest BCUT2D eigenvalue weighted by molar-refractivity contribution is 0.0747. The zero-order chi connectivity index (χ0) is 18.0. The molecule has 1 aliphatic heterocycles. The first kappa shape index (κ1) is 17.6. The molecule has 2 heterocycles. The predicted octanol–water partition coefficient (Wildman–Crippen LogP) is 2.13. The van der Waals surface area contributed by atoms with Gasteiger partial charge in [-0.15, -0.1) is 0 Å². The van der Waals surface area contributed by atoms with Gasteiger partial charge in [-0.3, -0.25) is 4.79 Å². The van der Waals surface area contributed by atoms with Crippen LogP contribution in [-0.2, 0) is 9.84 Å². The van der Waals surface area contributed by atoms with Crippen molar-refractivity contribution in [2.75, 3.05) is 23.9 Å². The molecule has 9 heteroatoms. The Bertz CT molecular complexity index is 869. The second-order valence-electron chi connectivity index (χ2n) is 5.90. The molecule has 7 nitrogen and oxygen atoms in total. The monoisotopic (exact) mass is 380 g/mol. The van der Waals surface area contributed by atoms with Crippen molar-refractivity contribution in [3.63, 3.8) is 0 Å². The van der Waals surface area contributed by atoms with Crippen molar-refractivity contribution in [2.24, 2.45) is 0 Å². The van der Waals surface area contributed by atoms with E-state index in [4.69, 9.17) is 11.6 Å². The number of nitrogens with one attached hydrogen (secondary N) is 1. The van der Waals surface area contributed by atoms with Gasteiger partial charge in [-0.2, -0.15) is 0 Å². The van der Waals surface area contributed by atoms with E-state index in [2.05, 4.69) is 15.3 Å². The third kappa shape index (κ3) is 4.26. The minimum absolute atomic E-state index is 0.00625. The number of nitrogens with zero attached hydrogens (tertiary/aromatic N) is 3. The Balaban J connectivity index is 1.67. The van der Waals surface area contributed by atoms with E-state index < -0.39 is 9.84 Å². The Morgan fingerprint density at radius 2 is 1.88 bits per heavy atom. The molecule has 0 radical (unpaired) electrons. The average Bonchev–Trinajstić information content (AvgIpc) is 2.96. The van der Waals surface area contributed by atoms with Crippen LogP contribution in [0.1, 0.15) is 16.8 Å². The van der Waals surface area contributed by atoms with E-state index in [0.29, 0.717) is 23.0 Å². The summed E-state index contributed by atoms with van der Waals surface area (Å²) in [7, 11) is -1.44. The second kappa shape index (κ2) is 6.97. The summed E-state index contributed by atoms with van der Waals surface area (Å²) in [6.45, 7) is 0. The van der Waals surface area contributed by atoms with Gasteiger partial charge in [0.1, 0.15) is 0 Å². The van der Waals surface area contributed by atoms with E-state index in [1.165, 1.54) is 17.3 Å². The minimum Gasteiger partial charge on any atom is -0.338 e. The first-order valence-electron chi connectivity index (χ1n) is 7.66. The number of sulfone groups is 1. The van der Waals surface area contributed by atoms with Gasteiger partial charge in [0.25, 0.3) is 5.91 Å². The van der Waals surface area contributed by atoms with Crippen LogP contribution in [-0.4, -0.2) is 53.8 Å². The second-order valence-corrected chi connectivity index (χ2v) is 8.57. The fraction of sp³-hybridized carbons (Fsp3) is 0.312. The van der Waals surface area contributed by atoms with Gasteiger partial charge >= 0.3 is 0 Å². The molecule has 0 saturated carbocycles. The highest BCUT2D eigenvalue weighted by molar-refractivity contribution is 7.91. The number of aromatic nitrogens is 2. The maximum Gasteiger partial charge on any atom is 0.257 e. The van der Waals surface area contributed by atoms with Crippen LogP contribution in [0.4, 0.5) is 11.6 Å². The summed E-state index contributed by atoms with van der Waals surface area (Å²) in [5.41, 5.74) is 1.09. The zero-order valence-corrected chi connectivity index (χ0v) is 15.1. The summed E-state index contributed by atoms with van der Waals surface area (Å²) in [6, 6.07) is 6.76. The van der Waals surface area contributed by atoms with Crippen LogP contribution in [0.3, 0.4) is 0 Å². The van der Waals surface area contributed by atoms with Gasteiger partial charge in [-0.1, -0.05) is 11.6 Å². The van der Waals surface area contributed by atoms with Gasteiger partial charge < -0.3 is 10.2 Å². The Kier molecular flexibility index (Phi) is 4.91. The minimum atomic E-state index is -3.05. The van der Waals surface area contributed by atoms with Gasteiger partial charge in [-0.05, 0) is 30.7 Å².